The minimum absolute atomic E-state index is 0.0829. The van der Waals surface area contributed by atoms with Gasteiger partial charge in [0.2, 0.25) is 11.7 Å². The molecule has 1 fully saturated rings. The Morgan fingerprint density at radius 1 is 1.27 bits per heavy atom. The summed E-state index contributed by atoms with van der Waals surface area (Å²) in [6.07, 6.45) is 6.25. The summed E-state index contributed by atoms with van der Waals surface area (Å²) in [6, 6.07) is 6.10. The first kappa shape index (κ1) is 18.7. The molecule has 1 saturated heterocycles. The summed E-state index contributed by atoms with van der Waals surface area (Å²) in [5, 5.41) is 4.02. The highest BCUT2D eigenvalue weighted by atomic mass is 16.5. The van der Waals surface area contributed by atoms with Crippen LogP contribution in [0.15, 0.2) is 35.2 Å². The van der Waals surface area contributed by atoms with E-state index >= 15 is 0 Å². The molecule has 2 aromatic heterocycles. The summed E-state index contributed by atoms with van der Waals surface area (Å²) in [4.78, 5) is 30.3. The van der Waals surface area contributed by atoms with Crippen LogP contribution in [-0.4, -0.2) is 57.6 Å². The Morgan fingerprint density at radius 2 is 2.17 bits per heavy atom. The van der Waals surface area contributed by atoms with E-state index in [0.717, 1.165) is 42.6 Å². The van der Waals surface area contributed by atoms with Crippen LogP contribution < -0.4 is 4.90 Å². The number of rotatable bonds is 3. The van der Waals surface area contributed by atoms with Gasteiger partial charge in [-0.05, 0) is 43.0 Å². The van der Waals surface area contributed by atoms with E-state index in [2.05, 4.69) is 44.2 Å². The van der Waals surface area contributed by atoms with Gasteiger partial charge in [0.25, 0.3) is 5.91 Å². The maximum Gasteiger partial charge on any atom is 0.253 e. The number of anilines is 1. The molecule has 8 heteroatoms. The summed E-state index contributed by atoms with van der Waals surface area (Å²) in [7, 11) is 2.11. The molecule has 0 spiro atoms. The minimum Gasteiger partial charge on any atom is -0.374 e. The van der Waals surface area contributed by atoms with E-state index in [1.807, 2.05) is 11.0 Å². The fraction of sp³-hybridized carbons (Fsp3) is 0.409. The number of aromatic nitrogens is 4. The Kier molecular flexibility index (Phi) is 4.69. The Morgan fingerprint density at radius 3 is 3.00 bits per heavy atom. The van der Waals surface area contributed by atoms with E-state index in [1.54, 1.807) is 13.1 Å². The Hall–Kier alpha value is -3.29. The predicted molar refractivity (Wildman–Crippen MR) is 111 cm³/mol. The van der Waals surface area contributed by atoms with Crippen molar-refractivity contribution in [1.29, 1.82) is 0 Å². The van der Waals surface area contributed by atoms with E-state index in [9.17, 15) is 4.79 Å². The van der Waals surface area contributed by atoms with Gasteiger partial charge in [0.05, 0.1) is 11.3 Å². The van der Waals surface area contributed by atoms with Gasteiger partial charge in [-0.3, -0.25) is 4.79 Å². The molecule has 1 amide bonds. The number of fused-ring (bicyclic) bond motifs is 1. The summed E-state index contributed by atoms with van der Waals surface area (Å²) >= 11 is 0. The SMILES string of the molecule is Cc1nc(-c2cncnc2[C@H]2CCN(C(=O)c3ccc4c(c3)CCCN4C)C2)no1. The predicted octanol–water partition coefficient (Wildman–Crippen LogP) is 2.85. The van der Waals surface area contributed by atoms with Gasteiger partial charge in [-0.1, -0.05) is 5.16 Å². The molecule has 0 aliphatic carbocycles. The summed E-state index contributed by atoms with van der Waals surface area (Å²) in [5.74, 6) is 1.20. The van der Waals surface area contributed by atoms with Gasteiger partial charge in [0, 0.05) is 57.0 Å². The normalized spacial score (nSPS) is 18.5. The number of carbonyl (C=O) groups excluding carboxylic acids is 1. The smallest absolute Gasteiger partial charge is 0.253 e. The molecule has 4 heterocycles. The number of hydrogen-bond donors (Lipinski definition) is 0. The highest BCUT2D eigenvalue weighted by Gasteiger charge is 2.31. The van der Waals surface area contributed by atoms with Crippen LogP contribution in [0.4, 0.5) is 5.69 Å². The second kappa shape index (κ2) is 7.51. The minimum atomic E-state index is 0.0829. The van der Waals surface area contributed by atoms with E-state index < -0.39 is 0 Å². The van der Waals surface area contributed by atoms with Crippen molar-refractivity contribution in [2.75, 3.05) is 31.6 Å². The van der Waals surface area contributed by atoms with Crippen LogP contribution in [0.1, 0.15) is 46.3 Å². The second-order valence-corrected chi connectivity index (χ2v) is 8.06. The average Bonchev–Trinajstić information content (AvgIpc) is 3.42. The number of amides is 1. The molecule has 0 unspecified atom stereocenters. The van der Waals surface area contributed by atoms with Crippen molar-refractivity contribution in [2.24, 2.45) is 0 Å². The molecule has 0 radical (unpaired) electrons. The number of hydrogen-bond acceptors (Lipinski definition) is 7. The fourth-order valence-electron chi connectivity index (χ4n) is 4.51. The molecule has 2 aliphatic heterocycles. The van der Waals surface area contributed by atoms with Gasteiger partial charge in [0.1, 0.15) is 6.33 Å². The molecule has 0 bridgehead atoms. The van der Waals surface area contributed by atoms with Crippen molar-refractivity contribution >= 4 is 11.6 Å². The largest absolute Gasteiger partial charge is 0.374 e. The lowest BCUT2D eigenvalue weighted by Gasteiger charge is -2.28. The third-order valence-corrected chi connectivity index (χ3v) is 6.05. The molecule has 8 nitrogen and oxygen atoms in total. The summed E-state index contributed by atoms with van der Waals surface area (Å²) < 4.78 is 5.12. The fourth-order valence-corrected chi connectivity index (χ4v) is 4.51. The molecule has 0 saturated carbocycles. The molecule has 2 aliphatic rings. The first-order valence-corrected chi connectivity index (χ1v) is 10.3. The lowest BCUT2D eigenvalue weighted by atomic mass is 9.99. The first-order valence-electron chi connectivity index (χ1n) is 10.3. The summed E-state index contributed by atoms with van der Waals surface area (Å²) in [6.45, 7) is 4.15. The Bertz CT molecular complexity index is 1090. The third-order valence-electron chi connectivity index (χ3n) is 6.05. The number of likely N-dealkylation sites (tertiary alicyclic amines) is 1. The van der Waals surface area contributed by atoms with Gasteiger partial charge >= 0.3 is 0 Å². The van der Waals surface area contributed by atoms with Crippen LogP contribution in [0.3, 0.4) is 0 Å². The van der Waals surface area contributed by atoms with Crippen LogP contribution in [0, 0.1) is 6.92 Å². The van der Waals surface area contributed by atoms with Crippen LogP contribution in [-0.2, 0) is 6.42 Å². The molecular formula is C22H24N6O2. The second-order valence-electron chi connectivity index (χ2n) is 8.06. The average molecular weight is 404 g/mol. The molecule has 1 aromatic carbocycles. The van der Waals surface area contributed by atoms with Gasteiger partial charge in [-0.25, -0.2) is 9.97 Å². The maximum atomic E-state index is 13.2. The van der Waals surface area contributed by atoms with Crippen molar-refractivity contribution in [3.05, 3.63) is 53.4 Å². The highest BCUT2D eigenvalue weighted by molar-refractivity contribution is 5.95. The molecule has 30 heavy (non-hydrogen) atoms. The molecule has 5 rings (SSSR count). The number of benzene rings is 1. The zero-order valence-electron chi connectivity index (χ0n) is 17.2. The molecular weight excluding hydrogens is 380 g/mol. The lowest BCUT2D eigenvalue weighted by molar-refractivity contribution is 0.0790. The molecule has 3 aromatic rings. The topological polar surface area (TPSA) is 88.3 Å². The molecule has 1 atom stereocenters. The Balaban J connectivity index is 1.36. The quantitative estimate of drug-likeness (QED) is 0.663. The number of aryl methyl sites for hydroxylation is 2. The zero-order valence-corrected chi connectivity index (χ0v) is 17.2. The number of nitrogens with zero attached hydrogens (tertiary/aromatic N) is 6. The highest BCUT2D eigenvalue weighted by Crippen LogP contribution is 2.33. The van der Waals surface area contributed by atoms with Crippen molar-refractivity contribution in [3.8, 4) is 11.4 Å². The van der Waals surface area contributed by atoms with Crippen molar-refractivity contribution in [2.45, 2.75) is 32.1 Å². The van der Waals surface area contributed by atoms with E-state index in [-0.39, 0.29) is 11.8 Å². The van der Waals surface area contributed by atoms with E-state index in [1.165, 1.54) is 17.6 Å². The van der Waals surface area contributed by atoms with Crippen LogP contribution in [0.5, 0.6) is 0 Å². The number of carbonyl (C=O) groups is 1. The van der Waals surface area contributed by atoms with Crippen molar-refractivity contribution in [3.63, 3.8) is 0 Å². The van der Waals surface area contributed by atoms with Crippen molar-refractivity contribution in [1.82, 2.24) is 25.0 Å². The lowest BCUT2D eigenvalue weighted by Crippen LogP contribution is -2.29. The van der Waals surface area contributed by atoms with Crippen LogP contribution in [0.25, 0.3) is 11.4 Å². The first-order chi connectivity index (χ1) is 14.6. The summed E-state index contributed by atoms with van der Waals surface area (Å²) in [5.41, 5.74) is 4.90. The standard InChI is InChI=1S/C22H24N6O2/c1-14-25-21(26-30-14)18-11-23-13-24-20(18)17-7-9-28(12-17)22(29)16-5-6-19-15(10-16)4-3-8-27(19)2/h5-6,10-11,13,17H,3-4,7-9,12H2,1-2H3/t17-/m0/s1. The van der Waals surface area contributed by atoms with E-state index in [4.69, 9.17) is 4.52 Å². The zero-order chi connectivity index (χ0) is 20.7. The van der Waals surface area contributed by atoms with E-state index in [0.29, 0.717) is 24.8 Å². The van der Waals surface area contributed by atoms with Crippen LogP contribution in [0.2, 0.25) is 0 Å². The molecule has 0 N–H and O–H groups in total. The van der Waals surface area contributed by atoms with Gasteiger partial charge in [-0.15, -0.1) is 0 Å². The van der Waals surface area contributed by atoms with Gasteiger partial charge in [-0.2, -0.15) is 4.98 Å². The maximum absolute atomic E-state index is 13.2. The van der Waals surface area contributed by atoms with Gasteiger partial charge < -0.3 is 14.3 Å². The van der Waals surface area contributed by atoms with Crippen molar-refractivity contribution < 1.29 is 9.32 Å². The van der Waals surface area contributed by atoms with Gasteiger partial charge in [0.15, 0.2) is 0 Å². The Labute approximate surface area is 174 Å². The third kappa shape index (κ3) is 3.32. The van der Waals surface area contributed by atoms with Crippen LogP contribution >= 0.6 is 0 Å². The molecule has 154 valence electrons. The monoisotopic (exact) mass is 404 g/mol.